The molecule has 0 unspecified atom stereocenters. The number of carboxylic acids is 3. The molecule has 14 heteroatoms. The van der Waals surface area contributed by atoms with Crippen molar-refractivity contribution in [2.24, 2.45) is 11.8 Å². The molecular weight excluding hydrogens is 724 g/mol. The van der Waals surface area contributed by atoms with Crippen molar-refractivity contribution >= 4 is 41.3 Å². The number of amides is 2. The highest BCUT2D eigenvalue weighted by molar-refractivity contribution is 5.87. The van der Waals surface area contributed by atoms with Crippen molar-refractivity contribution in [2.75, 3.05) is 39.5 Å². The maximum atomic E-state index is 12.3. The molecule has 0 saturated heterocycles. The summed E-state index contributed by atoms with van der Waals surface area (Å²) in [4.78, 5) is 81.6. The lowest BCUT2D eigenvalue weighted by Gasteiger charge is -2.12. The van der Waals surface area contributed by atoms with E-state index in [0.29, 0.717) is 83.8 Å². The Balaban J connectivity index is 3.61. The number of aliphatic carboxylic acids is 3. The summed E-state index contributed by atoms with van der Waals surface area (Å²) in [7, 11) is 0. The molecule has 2 amide bonds. The average Bonchev–Trinajstić information content (AvgIpc) is 3.15. The molecule has 0 heterocycles. The standard InChI is InChI=1S/C42H74N2O12/c1-34(41(51)52)19-12-14-27-43-38(47)25-23-35(42(53)54)33-37(46)24-26-39(48)44-28-18-32-56-31-17-16-30-55-29-15-13-21-36(45)20-10-8-6-4-2-3-5-7-9-11-22-40(49)50/h34-35H,2-33H2,1H3,(H,43,47)(H,44,48)(H,49,50)(H,51,52)(H,53,54)/t34-,35+/m0/s1. The Labute approximate surface area is 335 Å². The second-order valence-electron chi connectivity index (χ2n) is 15.0. The molecule has 0 saturated carbocycles. The highest BCUT2D eigenvalue weighted by atomic mass is 16.5. The molecule has 0 aromatic carbocycles. The van der Waals surface area contributed by atoms with Gasteiger partial charge in [-0.3, -0.25) is 33.6 Å². The van der Waals surface area contributed by atoms with Crippen LogP contribution in [-0.4, -0.2) is 96.1 Å². The van der Waals surface area contributed by atoms with Gasteiger partial charge in [0.2, 0.25) is 11.8 Å². The average molecular weight is 799 g/mol. The highest BCUT2D eigenvalue weighted by Crippen LogP contribution is 2.15. The summed E-state index contributed by atoms with van der Waals surface area (Å²) in [6.07, 6.45) is 18.0. The minimum Gasteiger partial charge on any atom is -0.481 e. The number of hydrogen-bond donors (Lipinski definition) is 5. The van der Waals surface area contributed by atoms with E-state index < -0.39 is 29.7 Å². The van der Waals surface area contributed by atoms with Crippen LogP contribution >= 0.6 is 0 Å². The van der Waals surface area contributed by atoms with E-state index in [-0.39, 0.29) is 56.1 Å². The molecule has 0 rings (SSSR count). The number of rotatable bonds is 42. The fourth-order valence-electron chi connectivity index (χ4n) is 6.03. The third-order valence-electron chi connectivity index (χ3n) is 9.69. The first kappa shape index (κ1) is 52.6. The van der Waals surface area contributed by atoms with E-state index in [4.69, 9.17) is 19.7 Å². The van der Waals surface area contributed by atoms with Crippen molar-refractivity contribution in [1.29, 1.82) is 0 Å². The van der Waals surface area contributed by atoms with Crippen molar-refractivity contribution in [3.8, 4) is 0 Å². The zero-order valence-electron chi connectivity index (χ0n) is 34.3. The van der Waals surface area contributed by atoms with Crippen LogP contribution in [0.3, 0.4) is 0 Å². The number of carbonyl (C=O) groups is 7. The van der Waals surface area contributed by atoms with E-state index in [1.165, 1.54) is 32.1 Å². The van der Waals surface area contributed by atoms with Crippen LogP contribution in [0.2, 0.25) is 0 Å². The van der Waals surface area contributed by atoms with Crippen LogP contribution in [0, 0.1) is 11.8 Å². The van der Waals surface area contributed by atoms with Gasteiger partial charge in [-0.25, -0.2) is 0 Å². The number of carbonyl (C=O) groups excluding carboxylic acids is 4. The molecule has 0 aliphatic heterocycles. The Morgan fingerprint density at radius 2 is 0.911 bits per heavy atom. The van der Waals surface area contributed by atoms with Crippen LogP contribution in [0.5, 0.6) is 0 Å². The quantitative estimate of drug-likeness (QED) is 0.0393. The first-order valence-corrected chi connectivity index (χ1v) is 21.3. The third-order valence-corrected chi connectivity index (χ3v) is 9.69. The second-order valence-corrected chi connectivity index (χ2v) is 15.0. The van der Waals surface area contributed by atoms with Gasteiger partial charge in [0.1, 0.15) is 11.6 Å². The maximum absolute atomic E-state index is 12.3. The molecular formula is C42H74N2O12. The zero-order chi connectivity index (χ0) is 41.7. The third kappa shape index (κ3) is 36.3. The van der Waals surface area contributed by atoms with Gasteiger partial charge in [0.15, 0.2) is 0 Å². The van der Waals surface area contributed by atoms with Gasteiger partial charge in [-0.2, -0.15) is 0 Å². The maximum Gasteiger partial charge on any atom is 0.306 e. The molecule has 0 fully saturated rings. The summed E-state index contributed by atoms with van der Waals surface area (Å²) in [5.41, 5.74) is 0. The van der Waals surface area contributed by atoms with Gasteiger partial charge in [-0.1, -0.05) is 64.7 Å². The van der Waals surface area contributed by atoms with Gasteiger partial charge in [-0.15, -0.1) is 0 Å². The molecule has 14 nitrogen and oxygen atoms in total. The zero-order valence-corrected chi connectivity index (χ0v) is 34.3. The van der Waals surface area contributed by atoms with Crippen molar-refractivity contribution in [2.45, 2.75) is 174 Å². The predicted octanol–water partition coefficient (Wildman–Crippen LogP) is 7.04. The van der Waals surface area contributed by atoms with Crippen LogP contribution in [0.15, 0.2) is 0 Å². The second kappa shape index (κ2) is 37.2. The van der Waals surface area contributed by atoms with E-state index in [2.05, 4.69) is 10.6 Å². The van der Waals surface area contributed by atoms with Crippen LogP contribution in [0.4, 0.5) is 0 Å². The monoisotopic (exact) mass is 799 g/mol. The molecule has 2 atom stereocenters. The lowest BCUT2D eigenvalue weighted by molar-refractivity contribution is -0.144. The summed E-state index contributed by atoms with van der Waals surface area (Å²) in [5.74, 6) is -4.78. The normalized spacial score (nSPS) is 12.2. The van der Waals surface area contributed by atoms with E-state index in [1.807, 2.05) is 0 Å². The van der Waals surface area contributed by atoms with E-state index in [9.17, 15) is 38.7 Å². The highest BCUT2D eigenvalue weighted by Gasteiger charge is 2.22. The SMILES string of the molecule is C[C@@H](CCCCNC(=O)CC[C@H](CC(=O)CCC(=O)NCCCOCCCCOCCCCC(=O)CCCCCCCCCCCCC(=O)O)C(=O)O)C(=O)O. The molecule has 0 radical (unpaired) electrons. The summed E-state index contributed by atoms with van der Waals surface area (Å²) in [6, 6.07) is 0. The molecule has 0 bridgehead atoms. The van der Waals surface area contributed by atoms with Gasteiger partial charge < -0.3 is 35.4 Å². The number of ketones is 2. The fraction of sp³-hybridized carbons (Fsp3) is 0.833. The summed E-state index contributed by atoms with van der Waals surface area (Å²) < 4.78 is 11.3. The van der Waals surface area contributed by atoms with Crippen LogP contribution in [-0.2, 0) is 43.0 Å². The first-order valence-electron chi connectivity index (χ1n) is 21.3. The van der Waals surface area contributed by atoms with Gasteiger partial charge in [0.05, 0.1) is 11.8 Å². The molecule has 5 N–H and O–H groups in total. The summed E-state index contributed by atoms with van der Waals surface area (Å²) >= 11 is 0. The summed E-state index contributed by atoms with van der Waals surface area (Å²) in [6.45, 7) is 4.80. The van der Waals surface area contributed by atoms with Crippen molar-refractivity contribution < 1.29 is 58.4 Å². The molecule has 0 aromatic heterocycles. The summed E-state index contributed by atoms with van der Waals surface area (Å²) in [5, 5.41) is 32.4. The van der Waals surface area contributed by atoms with Crippen LogP contribution < -0.4 is 10.6 Å². The van der Waals surface area contributed by atoms with Gasteiger partial charge in [-0.05, 0) is 64.2 Å². The molecule has 0 spiro atoms. The van der Waals surface area contributed by atoms with E-state index in [0.717, 1.165) is 57.8 Å². The molecule has 0 aromatic rings. The fourth-order valence-corrected chi connectivity index (χ4v) is 6.03. The lowest BCUT2D eigenvalue weighted by Crippen LogP contribution is -2.27. The number of Topliss-reactive ketones (excluding diaryl/α,β-unsaturated/α-hetero) is 2. The number of carboxylic acid groups (broad SMARTS) is 3. The number of unbranched alkanes of at least 4 members (excludes halogenated alkanes) is 12. The minimum absolute atomic E-state index is 0.0113. The Bertz CT molecular complexity index is 1100. The number of hydrogen-bond acceptors (Lipinski definition) is 9. The van der Waals surface area contributed by atoms with Crippen molar-refractivity contribution in [3.63, 3.8) is 0 Å². The van der Waals surface area contributed by atoms with Crippen molar-refractivity contribution in [3.05, 3.63) is 0 Å². The van der Waals surface area contributed by atoms with Crippen LogP contribution in [0.1, 0.15) is 174 Å². The Hall–Kier alpha value is -3.39. The molecule has 324 valence electrons. The van der Waals surface area contributed by atoms with Gasteiger partial charge in [0.25, 0.3) is 0 Å². The Morgan fingerprint density at radius 3 is 1.45 bits per heavy atom. The topological polar surface area (TPSA) is 223 Å². The van der Waals surface area contributed by atoms with Crippen LogP contribution in [0.25, 0.3) is 0 Å². The predicted molar refractivity (Wildman–Crippen MR) is 213 cm³/mol. The van der Waals surface area contributed by atoms with Gasteiger partial charge >= 0.3 is 17.9 Å². The largest absolute Gasteiger partial charge is 0.481 e. The number of ether oxygens (including phenoxy) is 2. The smallest absolute Gasteiger partial charge is 0.306 e. The van der Waals surface area contributed by atoms with Gasteiger partial charge in [0, 0.05) is 84.5 Å². The molecule has 0 aliphatic rings. The number of nitrogens with one attached hydrogen (secondary N) is 2. The Morgan fingerprint density at radius 1 is 0.446 bits per heavy atom. The minimum atomic E-state index is -1.16. The van der Waals surface area contributed by atoms with E-state index in [1.54, 1.807) is 6.92 Å². The first-order chi connectivity index (χ1) is 26.9. The lowest BCUT2D eigenvalue weighted by atomic mass is 9.95. The molecule has 0 aliphatic carbocycles. The Kier molecular flexibility index (Phi) is 35.0. The van der Waals surface area contributed by atoms with E-state index >= 15 is 0 Å². The van der Waals surface area contributed by atoms with Crippen molar-refractivity contribution in [1.82, 2.24) is 10.6 Å². The molecule has 56 heavy (non-hydrogen) atoms.